The van der Waals surface area contributed by atoms with Gasteiger partial charge in [-0.2, -0.15) is 0 Å². The van der Waals surface area contributed by atoms with Gasteiger partial charge in [0.25, 0.3) is 0 Å². The topological polar surface area (TPSA) is 95.5 Å². The largest absolute Gasteiger partial charge is 0.480 e. The summed E-state index contributed by atoms with van der Waals surface area (Å²) >= 11 is 0. The van der Waals surface area contributed by atoms with Crippen molar-refractivity contribution in [3.8, 4) is 0 Å². The van der Waals surface area contributed by atoms with Crippen LogP contribution in [0.15, 0.2) is 35.9 Å². The summed E-state index contributed by atoms with van der Waals surface area (Å²) in [6, 6.07) is 7.02. The lowest BCUT2D eigenvalue weighted by molar-refractivity contribution is -0.137. The number of anilines is 1. The average Bonchev–Trinajstić information content (AvgIpc) is 2.57. The summed E-state index contributed by atoms with van der Waals surface area (Å²) < 4.78 is 0. The molecular formula is C19H24N2O4. The van der Waals surface area contributed by atoms with Gasteiger partial charge in [0.2, 0.25) is 11.8 Å². The van der Waals surface area contributed by atoms with Crippen LogP contribution in [0, 0.1) is 5.41 Å². The number of hydrogen-bond donors (Lipinski definition) is 3. The Hall–Kier alpha value is -2.63. The number of carboxylic acid groups (broad SMARTS) is 1. The van der Waals surface area contributed by atoms with E-state index in [1.54, 1.807) is 24.3 Å². The number of carbonyl (C=O) groups excluding carboxylic acids is 2. The number of allylic oxidation sites excluding steroid dienone is 2. The number of carbonyl (C=O) groups is 3. The van der Waals surface area contributed by atoms with Crippen molar-refractivity contribution in [1.29, 1.82) is 0 Å². The van der Waals surface area contributed by atoms with E-state index >= 15 is 0 Å². The van der Waals surface area contributed by atoms with Gasteiger partial charge in [-0.15, -0.1) is 0 Å². The van der Waals surface area contributed by atoms with Crippen molar-refractivity contribution >= 4 is 23.5 Å². The van der Waals surface area contributed by atoms with Crippen LogP contribution in [0.25, 0.3) is 0 Å². The summed E-state index contributed by atoms with van der Waals surface area (Å²) in [5, 5.41) is 13.8. The third-order valence-corrected chi connectivity index (χ3v) is 4.53. The maximum atomic E-state index is 12.5. The fraction of sp³-hybridized carbons (Fsp3) is 0.421. The lowest BCUT2D eigenvalue weighted by Gasteiger charge is -2.30. The summed E-state index contributed by atoms with van der Waals surface area (Å²) in [6.45, 7) is 3.68. The Morgan fingerprint density at radius 1 is 1.20 bits per heavy atom. The molecule has 0 radical (unpaired) electrons. The fourth-order valence-electron chi connectivity index (χ4n) is 2.69. The van der Waals surface area contributed by atoms with Crippen molar-refractivity contribution < 1.29 is 19.5 Å². The van der Waals surface area contributed by atoms with Gasteiger partial charge in [-0.25, -0.2) is 0 Å². The molecule has 6 heteroatoms. The second kappa shape index (κ2) is 7.96. The SMILES string of the molecule is CC1=CCC(C)(C(=O)Nc2ccc(CC(=O)NCC(=O)O)cc2)CC1. The van der Waals surface area contributed by atoms with E-state index in [0.29, 0.717) is 5.69 Å². The molecule has 0 spiro atoms. The van der Waals surface area contributed by atoms with Crippen LogP contribution in [0.4, 0.5) is 5.69 Å². The van der Waals surface area contributed by atoms with Crippen molar-refractivity contribution in [1.82, 2.24) is 5.32 Å². The summed E-state index contributed by atoms with van der Waals surface area (Å²) in [7, 11) is 0. The minimum atomic E-state index is -1.08. The second-order valence-corrected chi connectivity index (χ2v) is 6.81. The van der Waals surface area contributed by atoms with E-state index < -0.39 is 11.4 Å². The van der Waals surface area contributed by atoms with Gasteiger partial charge in [-0.1, -0.05) is 30.7 Å². The molecule has 1 unspecified atom stereocenters. The number of aliphatic carboxylic acids is 1. The molecule has 1 aromatic carbocycles. The standard InChI is InChI=1S/C19H24N2O4/c1-13-7-9-19(2,10-8-13)18(25)21-15-5-3-14(4-6-15)11-16(22)20-12-17(23)24/h3-7H,8-12H2,1-2H3,(H,20,22)(H,21,25)(H,23,24). The molecule has 1 aliphatic carbocycles. The Balaban J connectivity index is 1.90. The molecule has 0 heterocycles. The quantitative estimate of drug-likeness (QED) is 0.691. The number of hydrogen-bond acceptors (Lipinski definition) is 3. The van der Waals surface area contributed by atoms with Crippen LogP contribution in [0.3, 0.4) is 0 Å². The number of benzene rings is 1. The Bertz CT molecular complexity index is 694. The number of nitrogens with one attached hydrogen (secondary N) is 2. The zero-order valence-electron chi connectivity index (χ0n) is 14.6. The van der Waals surface area contributed by atoms with Crippen molar-refractivity contribution in [2.75, 3.05) is 11.9 Å². The van der Waals surface area contributed by atoms with Crippen LogP contribution in [0.1, 0.15) is 38.7 Å². The Morgan fingerprint density at radius 2 is 1.88 bits per heavy atom. The van der Waals surface area contributed by atoms with Gasteiger partial charge in [0.15, 0.2) is 0 Å². The van der Waals surface area contributed by atoms with Gasteiger partial charge in [0.05, 0.1) is 11.8 Å². The molecule has 2 rings (SSSR count). The lowest BCUT2D eigenvalue weighted by Crippen LogP contribution is -2.34. The van der Waals surface area contributed by atoms with Crippen LogP contribution in [0.2, 0.25) is 0 Å². The molecular weight excluding hydrogens is 320 g/mol. The van der Waals surface area contributed by atoms with E-state index in [9.17, 15) is 14.4 Å². The first kappa shape index (κ1) is 18.7. The first-order chi connectivity index (χ1) is 11.8. The third kappa shape index (κ3) is 5.45. The van der Waals surface area contributed by atoms with Crippen molar-refractivity contribution in [3.63, 3.8) is 0 Å². The van der Waals surface area contributed by atoms with Crippen LogP contribution in [-0.2, 0) is 20.8 Å². The Kier molecular flexibility index (Phi) is 5.96. The average molecular weight is 344 g/mol. The van der Waals surface area contributed by atoms with Crippen molar-refractivity contribution in [3.05, 3.63) is 41.5 Å². The highest BCUT2D eigenvalue weighted by Crippen LogP contribution is 2.35. The molecule has 0 fully saturated rings. The normalized spacial score (nSPS) is 19.7. The molecule has 134 valence electrons. The third-order valence-electron chi connectivity index (χ3n) is 4.53. The maximum absolute atomic E-state index is 12.5. The fourth-order valence-corrected chi connectivity index (χ4v) is 2.69. The zero-order valence-corrected chi connectivity index (χ0v) is 14.6. The Labute approximate surface area is 147 Å². The van der Waals surface area contributed by atoms with E-state index in [0.717, 1.165) is 24.8 Å². The van der Waals surface area contributed by atoms with E-state index in [-0.39, 0.29) is 24.8 Å². The molecule has 0 aromatic heterocycles. The predicted molar refractivity (Wildman–Crippen MR) is 95.1 cm³/mol. The van der Waals surface area contributed by atoms with Gasteiger partial charge in [0, 0.05) is 5.69 Å². The van der Waals surface area contributed by atoms with Gasteiger partial charge in [-0.3, -0.25) is 14.4 Å². The molecule has 0 aliphatic heterocycles. The monoisotopic (exact) mass is 344 g/mol. The summed E-state index contributed by atoms with van der Waals surface area (Å²) in [5.41, 5.74) is 2.38. The highest BCUT2D eigenvalue weighted by atomic mass is 16.4. The van der Waals surface area contributed by atoms with Crippen molar-refractivity contribution in [2.45, 2.75) is 39.5 Å². The number of rotatable bonds is 6. The summed E-state index contributed by atoms with van der Waals surface area (Å²) in [5.74, 6) is -1.42. The summed E-state index contributed by atoms with van der Waals surface area (Å²) in [4.78, 5) is 34.6. The summed E-state index contributed by atoms with van der Waals surface area (Å²) in [6.07, 6.45) is 4.75. The Morgan fingerprint density at radius 3 is 2.44 bits per heavy atom. The van der Waals surface area contributed by atoms with E-state index in [1.165, 1.54) is 5.57 Å². The molecule has 0 saturated heterocycles. The first-order valence-electron chi connectivity index (χ1n) is 8.33. The molecule has 0 saturated carbocycles. The van der Waals surface area contributed by atoms with E-state index in [1.807, 2.05) is 6.92 Å². The van der Waals surface area contributed by atoms with Gasteiger partial charge >= 0.3 is 5.97 Å². The molecule has 1 aliphatic rings. The molecule has 2 amide bonds. The second-order valence-electron chi connectivity index (χ2n) is 6.81. The van der Waals surface area contributed by atoms with E-state index in [4.69, 9.17) is 5.11 Å². The molecule has 1 aromatic rings. The molecule has 6 nitrogen and oxygen atoms in total. The smallest absolute Gasteiger partial charge is 0.322 e. The predicted octanol–water partition coefficient (Wildman–Crippen LogP) is 2.50. The molecule has 0 bridgehead atoms. The van der Waals surface area contributed by atoms with E-state index in [2.05, 4.69) is 23.6 Å². The van der Waals surface area contributed by atoms with Crippen LogP contribution < -0.4 is 10.6 Å². The van der Waals surface area contributed by atoms with Gasteiger partial charge in [-0.05, 0) is 43.9 Å². The van der Waals surface area contributed by atoms with Crippen LogP contribution >= 0.6 is 0 Å². The zero-order chi connectivity index (χ0) is 18.4. The maximum Gasteiger partial charge on any atom is 0.322 e. The minimum Gasteiger partial charge on any atom is -0.480 e. The highest BCUT2D eigenvalue weighted by Gasteiger charge is 2.33. The molecule has 1 atom stereocenters. The van der Waals surface area contributed by atoms with Crippen LogP contribution in [0.5, 0.6) is 0 Å². The van der Waals surface area contributed by atoms with Gasteiger partial charge in [0.1, 0.15) is 6.54 Å². The first-order valence-corrected chi connectivity index (χ1v) is 8.33. The van der Waals surface area contributed by atoms with Crippen molar-refractivity contribution in [2.24, 2.45) is 5.41 Å². The molecule has 25 heavy (non-hydrogen) atoms. The number of amides is 2. The van der Waals surface area contributed by atoms with Gasteiger partial charge < -0.3 is 15.7 Å². The lowest BCUT2D eigenvalue weighted by atomic mass is 9.76. The van der Waals surface area contributed by atoms with Crippen LogP contribution in [-0.4, -0.2) is 29.4 Å². The highest BCUT2D eigenvalue weighted by molar-refractivity contribution is 5.95. The molecule has 3 N–H and O–H groups in total. The number of carboxylic acids is 1. The minimum absolute atomic E-state index is 0.00296.